The Morgan fingerprint density at radius 1 is 1.11 bits per heavy atom. The fourth-order valence-corrected chi connectivity index (χ4v) is 3.80. The molecule has 5 nitrogen and oxygen atoms in total. The minimum atomic E-state index is -0.00815. The maximum atomic E-state index is 12.5. The number of carbonyl (C=O) groups excluding carboxylic acids is 1. The van der Waals surface area contributed by atoms with Crippen molar-refractivity contribution in [3.63, 3.8) is 0 Å². The highest BCUT2D eigenvalue weighted by Gasteiger charge is 2.19. The monoisotopic (exact) mass is 389 g/mol. The van der Waals surface area contributed by atoms with E-state index in [0.29, 0.717) is 42.8 Å². The Morgan fingerprint density at radius 3 is 2.48 bits per heavy atom. The van der Waals surface area contributed by atoms with Gasteiger partial charge in [-0.15, -0.1) is 0 Å². The zero-order chi connectivity index (χ0) is 19.6. The van der Waals surface area contributed by atoms with E-state index in [1.807, 2.05) is 33.0 Å². The van der Waals surface area contributed by atoms with E-state index >= 15 is 0 Å². The molecule has 0 fully saturated rings. The Balaban J connectivity index is 1.63. The first-order valence-corrected chi connectivity index (χ1v) is 9.48. The minimum Gasteiger partial charge on any atom is -0.486 e. The number of likely N-dealkylation sites (N-methyl/N-ethyl adjacent to an activating group) is 1. The quantitative estimate of drug-likeness (QED) is 0.826. The van der Waals surface area contributed by atoms with Crippen LogP contribution in [0.4, 0.5) is 5.69 Å². The van der Waals surface area contributed by atoms with Crippen LogP contribution in [0, 0.1) is 20.8 Å². The van der Waals surface area contributed by atoms with Crippen LogP contribution >= 0.6 is 11.6 Å². The maximum absolute atomic E-state index is 12.5. The zero-order valence-electron chi connectivity index (χ0n) is 16.2. The molecule has 6 heteroatoms. The van der Waals surface area contributed by atoms with E-state index in [2.05, 4.69) is 24.4 Å². The molecule has 1 atom stereocenters. The van der Waals surface area contributed by atoms with Crippen molar-refractivity contribution >= 4 is 23.2 Å². The number of carbonyl (C=O) groups is 1. The fraction of sp³-hybridized carbons (Fsp3) is 0.381. The molecular formula is C21H26ClN2O3+. The van der Waals surface area contributed by atoms with Crippen LogP contribution in [-0.4, -0.2) is 32.7 Å². The second kappa shape index (κ2) is 8.19. The van der Waals surface area contributed by atoms with Crippen molar-refractivity contribution < 1.29 is 19.2 Å². The van der Waals surface area contributed by atoms with Crippen LogP contribution in [-0.2, 0) is 11.3 Å². The van der Waals surface area contributed by atoms with Crippen molar-refractivity contribution in [2.24, 2.45) is 0 Å². The summed E-state index contributed by atoms with van der Waals surface area (Å²) in [4.78, 5) is 13.6. The third-order valence-corrected chi connectivity index (χ3v) is 4.85. The number of nitrogens with one attached hydrogen (secondary N) is 2. The molecule has 0 radical (unpaired) electrons. The summed E-state index contributed by atoms with van der Waals surface area (Å²) in [5.74, 6) is 1.27. The first-order chi connectivity index (χ1) is 12.8. The number of hydrogen-bond donors (Lipinski definition) is 2. The van der Waals surface area contributed by atoms with E-state index in [1.165, 1.54) is 5.56 Å². The van der Waals surface area contributed by atoms with Gasteiger partial charge in [-0.05, 0) is 44.0 Å². The predicted molar refractivity (Wildman–Crippen MR) is 107 cm³/mol. The SMILES string of the molecule is Cc1cc(C)c(NC(=O)C[NH+](C)Cc2cc(Cl)c3c(c2)OCCO3)c(C)c1. The number of amides is 1. The molecule has 1 aliphatic rings. The number of aryl methyl sites for hydroxylation is 3. The lowest BCUT2D eigenvalue weighted by atomic mass is 10.1. The van der Waals surface area contributed by atoms with Gasteiger partial charge in [-0.25, -0.2) is 0 Å². The van der Waals surface area contributed by atoms with Gasteiger partial charge in [0, 0.05) is 11.3 Å². The fourth-order valence-electron chi connectivity index (χ4n) is 3.51. The van der Waals surface area contributed by atoms with Gasteiger partial charge in [-0.1, -0.05) is 29.3 Å². The van der Waals surface area contributed by atoms with E-state index in [9.17, 15) is 4.79 Å². The van der Waals surface area contributed by atoms with Gasteiger partial charge in [0.1, 0.15) is 19.8 Å². The second-order valence-corrected chi connectivity index (χ2v) is 7.64. The summed E-state index contributed by atoms with van der Waals surface area (Å²) in [6.07, 6.45) is 0. The molecule has 0 bridgehead atoms. The molecule has 0 saturated carbocycles. The van der Waals surface area contributed by atoms with Gasteiger partial charge in [0.2, 0.25) is 0 Å². The predicted octanol–water partition coefficient (Wildman–Crippen LogP) is 2.69. The largest absolute Gasteiger partial charge is 0.486 e. The summed E-state index contributed by atoms with van der Waals surface area (Å²) in [6, 6.07) is 7.98. The van der Waals surface area contributed by atoms with Crippen LogP contribution in [0.25, 0.3) is 0 Å². The molecule has 2 N–H and O–H groups in total. The third-order valence-electron chi connectivity index (χ3n) is 4.57. The van der Waals surface area contributed by atoms with Crippen molar-refractivity contribution in [3.05, 3.63) is 51.5 Å². The van der Waals surface area contributed by atoms with Crippen LogP contribution in [0.1, 0.15) is 22.3 Å². The van der Waals surface area contributed by atoms with E-state index in [1.54, 1.807) is 0 Å². The molecule has 144 valence electrons. The topological polar surface area (TPSA) is 52.0 Å². The van der Waals surface area contributed by atoms with Crippen LogP contribution in [0.2, 0.25) is 5.02 Å². The number of fused-ring (bicyclic) bond motifs is 1. The average Bonchev–Trinajstić information content (AvgIpc) is 2.58. The molecule has 1 unspecified atom stereocenters. The molecule has 0 saturated heterocycles. The highest BCUT2D eigenvalue weighted by Crippen LogP contribution is 2.38. The molecule has 2 aromatic carbocycles. The van der Waals surface area contributed by atoms with Crippen molar-refractivity contribution in [1.29, 1.82) is 0 Å². The Hall–Kier alpha value is -2.24. The van der Waals surface area contributed by atoms with Crippen molar-refractivity contribution in [2.45, 2.75) is 27.3 Å². The van der Waals surface area contributed by atoms with Crippen LogP contribution < -0.4 is 19.7 Å². The van der Waals surface area contributed by atoms with E-state index in [4.69, 9.17) is 21.1 Å². The maximum Gasteiger partial charge on any atom is 0.279 e. The Kier molecular flexibility index (Phi) is 5.92. The van der Waals surface area contributed by atoms with Gasteiger partial charge in [0.25, 0.3) is 5.91 Å². The van der Waals surface area contributed by atoms with E-state index in [-0.39, 0.29) is 5.91 Å². The number of ether oxygens (including phenoxy) is 2. The Morgan fingerprint density at radius 2 is 1.78 bits per heavy atom. The standard InChI is InChI=1S/C21H25ClN2O3/c1-13-7-14(2)20(15(3)8-13)23-19(25)12-24(4)11-16-9-17(22)21-18(10-16)26-5-6-27-21/h7-10H,5-6,11-12H2,1-4H3,(H,23,25)/p+1. The van der Waals surface area contributed by atoms with Gasteiger partial charge in [0.05, 0.1) is 12.1 Å². The van der Waals surface area contributed by atoms with Crippen LogP contribution in [0.5, 0.6) is 11.5 Å². The lowest BCUT2D eigenvalue weighted by Crippen LogP contribution is -3.08. The summed E-state index contributed by atoms with van der Waals surface area (Å²) >= 11 is 6.30. The molecular weight excluding hydrogens is 364 g/mol. The molecule has 1 aliphatic heterocycles. The zero-order valence-corrected chi connectivity index (χ0v) is 17.0. The highest BCUT2D eigenvalue weighted by molar-refractivity contribution is 6.32. The molecule has 3 rings (SSSR count). The van der Waals surface area contributed by atoms with Crippen LogP contribution in [0.3, 0.4) is 0 Å². The Bertz CT molecular complexity index is 844. The minimum absolute atomic E-state index is 0.00815. The van der Waals surface area contributed by atoms with Gasteiger partial charge < -0.3 is 19.7 Å². The molecule has 1 amide bonds. The molecule has 0 aromatic heterocycles. The molecule has 0 spiro atoms. The molecule has 1 heterocycles. The van der Waals surface area contributed by atoms with Crippen molar-refractivity contribution in [2.75, 3.05) is 32.1 Å². The number of anilines is 1. The highest BCUT2D eigenvalue weighted by atomic mass is 35.5. The second-order valence-electron chi connectivity index (χ2n) is 7.23. The molecule has 0 aliphatic carbocycles. The Labute approximate surface area is 165 Å². The van der Waals surface area contributed by atoms with Gasteiger partial charge in [-0.3, -0.25) is 4.79 Å². The van der Waals surface area contributed by atoms with Gasteiger partial charge in [0.15, 0.2) is 18.0 Å². The summed E-state index contributed by atoms with van der Waals surface area (Å²) < 4.78 is 11.2. The first kappa shape index (κ1) is 19.5. The van der Waals surface area contributed by atoms with E-state index in [0.717, 1.165) is 27.3 Å². The summed E-state index contributed by atoms with van der Waals surface area (Å²) in [5.41, 5.74) is 5.27. The molecule has 2 aromatic rings. The average molecular weight is 390 g/mol. The number of hydrogen-bond acceptors (Lipinski definition) is 3. The van der Waals surface area contributed by atoms with E-state index < -0.39 is 0 Å². The smallest absolute Gasteiger partial charge is 0.279 e. The van der Waals surface area contributed by atoms with Crippen LogP contribution in [0.15, 0.2) is 24.3 Å². The van der Waals surface area contributed by atoms with Crippen molar-refractivity contribution in [3.8, 4) is 11.5 Å². The summed E-state index contributed by atoms with van der Waals surface area (Å²) in [7, 11) is 1.99. The lowest BCUT2D eigenvalue weighted by Gasteiger charge is -2.21. The van der Waals surface area contributed by atoms with Gasteiger partial charge in [-0.2, -0.15) is 0 Å². The van der Waals surface area contributed by atoms with Crippen molar-refractivity contribution in [1.82, 2.24) is 0 Å². The summed E-state index contributed by atoms with van der Waals surface area (Å²) in [6.45, 7) is 8.14. The lowest BCUT2D eigenvalue weighted by molar-refractivity contribution is -0.885. The number of quaternary nitrogens is 1. The number of rotatable bonds is 5. The van der Waals surface area contributed by atoms with Gasteiger partial charge >= 0.3 is 0 Å². The first-order valence-electron chi connectivity index (χ1n) is 9.10. The number of halogens is 1. The third kappa shape index (κ3) is 4.73. The normalized spacial score (nSPS) is 14.0. The summed E-state index contributed by atoms with van der Waals surface area (Å²) in [5, 5.41) is 3.60. The molecule has 27 heavy (non-hydrogen) atoms. The number of benzene rings is 2.